The predicted octanol–water partition coefficient (Wildman–Crippen LogP) is 2.82. The molecule has 1 aliphatic carbocycles. The lowest BCUT2D eigenvalue weighted by molar-refractivity contribution is -0.145. The zero-order chi connectivity index (χ0) is 18.8. The number of hydrogen-bond donors (Lipinski definition) is 1. The molecule has 0 aromatic carbocycles. The molecule has 0 spiro atoms. The fraction of sp³-hybridized carbons (Fsp3) is 0.900. The topological polar surface area (TPSA) is 63.2 Å². The van der Waals surface area contributed by atoms with E-state index in [0.717, 1.165) is 38.5 Å². The SMILES string of the molecule is CN=C(NCCCCOC1CCCCCC1)N1CC(C)C(C(=O)OC)C1. The number of methoxy groups -OCH3 is 1. The molecule has 0 radical (unpaired) electrons. The van der Waals surface area contributed by atoms with Crippen molar-refractivity contribution in [2.24, 2.45) is 16.8 Å². The van der Waals surface area contributed by atoms with Gasteiger partial charge in [-0.15, -0.1) is 0 Å². The molecule has 0 aromatic heterocycles. The molecule has 1 heterocycles. The van der Waals surface area contributed by atoms with Crippen molar-refractivity contribution in [1.29, 1.82) is 0 Å². The molecule has 1 saturated heterocycles. The van der Waals surface area contributed by atoms with Gasteiger partial charge in [0.05, 0.1) is 19.1 Å². The summed E-state index contributed by atoms with van der Waals surface area (Å²) in [4.78, 5) is 18.4. The number of nitrogens with zero attached hydrogens (tertiary/aromatic N) is 2. The number of esters is 1. The van der Waals surface area contributed by atoms with Gasteiger partial charge in [-0.3, -0.25) is 9.79 Å². The zero-order valence-corrected chi connectivity index (χ0v) is 16.8. The summed E-state index contributed by atoms with van der Waals surface area (Å²) in [5.41, 5.74) is 0. The van der Waals surface area contributed by atoms with Gasteiger partial charge < -0.3 is 19.7 Å². The average molecular weight is 368 g/mol. The minimum atomic E-state index is -0.119. The molecule has 1 aliphatic heterocycles. The molecule has 0 aromatic rings. The van der Waals surface area contributed by atoms with Crippen LogP contribution in [0.5, 0.6) is 0 Å². The number of ether oxygens (including phenoxy) is 2. The molecule has 0 bridgehead atoms. The summed E-state index contributed by atoms with van der Waals surface area (Å²) in [5.74, 6) is 0.986. The van der Waals surface area contributed by atoms with E-state index >= 15 is 0 Å². The molecular weight excluding hydrogens is 330 g/mol. The Morgan fingerprint density at radius 1 is 1.15 bits per heavy atom. The van der Waals surface area contributed by atoms with Gasteiger partial charge in [0.1, 0.15) is 0 Å². The highest BCUT2D eigenvalue weighted by Gasteiger charge is 2.36. The minimum Gasteiger partial charge on any atom is -0.469 e. The van der Waals surface area contributed by atoms with Crippen molar-refractivity contribution in [1.82, 2.24) is 10.2 Å². The van der Waals surface area contributed by atoms with E-state index in [1.807, 2.05) is 0 Å². The lowest BCUT2D eigenvalue weighted by Crippen LogP contribution is -2.41. The van der Waals surface area contributed by atoms with Gasteiger partial charge in [0.15, 0.2) is 5.96 Å². The monoisotopic (exact) mass is 367 g/mol. The molecule has 2 unspecified atom stereocenters. The number of rotatable bonds is 7. The fourth-order valence-electron chi connectivity index (χ4n) is 4.02. The van der Waals surface area contributed by atoms with Crippen molar-refractivity contribution in [2.75, 3.05) is 40.4 Å². The van der Waals surface area contributed by atoms with Crippen molar-refractivity contribution in [2.45, 2.75) is 64.4 Å². The Balaban J connectivity index is 1.61. The summed E-state index contributed by atoms with van der Waals surface area (Å²) >= 11 is 0. The first kappa shape index (κ1) is 21.0. The van der Waals surface area contributed by atoms with Crippen LogP contribution < -0.4 is 5.32 Å². The molecule has 2 atom stereocenters. The van der Waals surface area contributed by atoms with Crippen molar-refractivity contribution >= 4 is 11.9 Å². The van der Waals surface area contributed by atoms with E-state index in [9.17, 15) is 4.79 Å². The van der Waals surface area contributed by atoms with Gasteiger partial charge in [0, 0.05) is 33.3 Å². The van der Waals surface area contributed by atoms with Gasteiger partial charge in [-0.05, 0) is 31.6 Å². The van der Waals surface area contributed by atoms with Crippen molar-refractivity contribution in [3.63, 3.8) is 0 Å². The van der Waals surface area contributed by atoms with E-state index in [1.54, 1.807) is 7.05 Å². The maximum Gasteiger partial charge on any atom is 0.310 e. The first-order chi connectivity index (χ1) is 12.7. The Kier molecular flexibility index (Phi) is 9.23. The molecule has 2 aliphatic rings. The quantitative estimate of drug-likeness (QED) is 0.246. The third kappa shape index (κ3) is 6.45. The van der Waals surface area contributed by atoms with E-state index in [4.69, 9.17) is 9.47 Å². The zero-order valence-electron chi connectivity index (χ0n) is 16.8. The van der Waals surface area contributed by atoms with E-state index in [1.165, 1.54) is 45.6 Å². The van der Waals surface area contributed by atoms with Crippen molar-refractivity contribution in [3.05, 3.63) is 0 Å². The average Bonchev–Trinajstić information content (AvgIpc) is 2.85. The fourth-order valence-corrected chi connectivity index (χ4v) is 4.02. The maximum atomic E-state index is 11.8. The third-order valence-electron chi connectivity index (χ3n) is 5.64. The van der Waals surface area contributed by atoms with Crippen LogP contribution in [-0.2, 0) is 14.3 Å². The summed E-state index contributed by atoms with van der Waals surface area (Å²) in [6.45, 7) is 5.35. The van der Waals surface area contributed by atoms with Gasteiger partial charge in [-0.25, -0.2) is 0 Å². The normalized spacial score (nSPS) is 25.2. The largest absolute Gasteiger partial charge is 0.469 e. The molecular formula is C20H37N3O3. The Morgan fingerprint density at radius 2 is 1.88 bits per heavy atom. The number of carbonyl (C=O) groups excluding carboxylic acids is 1. The van der Waals surface area contributed by atoms with E-state index in [2.05, 4.69) is 22.1 Å². The lowest BCUT2D eigenvalue weighted by Gasteiger charge is -2.21. The van der Waals surface area contributed by atoms with Crippen molar-refractivity contribution in [3.8, 4) is 0 Å². The van der Waals surface area contributed by atoms with Crippen LogP contribution in [-0.4, -0.2) is 63.3 Å². The molecule has 2 fully saturated rings. The number of nitrogens with one attached hydrogen (secondary N) is 1. The second-order valence-electron chi connectivity index (χ2n) is 7.68. The molecule has 0 amide bonds. The van der Waals surface area contributed by atoms with Crippen LogP contribution >= 0.6 is 0 Å². The highest BCUT2D eigenvalue weighted by molar-refractivity contribution is 5.82. The molecule has 26 heavy (non-hydrogen) atoms. The van der Waals surface area contributed by atoms with E-state index in [-0.39, 0.29) is 17.8 Å². The molecule has 1 N–H and O–H groups in total. The molecule has 150 valence electrons. The summed E-state index contributed by atoms with van der Waals surface area (Å²) in [5, 5.41) is 3.43. The minimum absolute atomic E-state index is 0.0634. The molecule has 2 rings (SSSR count). The Morgan fingerprint density at radius 3 is 2.54 bits per heavy atom. The van der Waals surface area contributed by atoms with Crippen LogP contribution in [0.15, 0.2) is 4.99 Å². The second kappa shape index (κ2) is 11.4. The number of unbranched alkanes of at least 4 members (excludes halogenated alkanes) is 1. The Bertz CT molecular complexity index is 448. The van der Waals surface area contributed by atoms with Crippen LogP contribution in [0.1, 0.15) is 58.3 Å². The van der Waals surface area contributed by atoms with Crippen LogP contribution in [0.2, 0.25) is 0 Å². The highest BCUT2D eigenvalue weighted by Crippen LogP contribution is 2.24. The maximum absolute atomic E-state index is 11.8. The van der Waals surface area contributed by atoms with Crippen LogP contribution in [0.25, 0.3) is 0 Å². The van der Waals surface area contributed by atoms with Gasteiger partial charge in [0.25, 0.3) is 0 Å². The highest BCUT2D eigenvalue weighted by atomic mass is 16.5. The predicted molar refractivity (Wildman–Crippen MR) is 104 cm³/mol. The van der Waals surface area contributed by atoms with E-state index in [0.29, 0.717) is 12.6 Å². The third-order valence-corrected chi connectivity index (χ3v) is 5.64. The Hall–Kier alpha value is -1.30. The van der Waals surface area contributed by atoms with Crippen LogP contribution in [0, 0.1) is 11.8 Å². The van der Waals surface area contributed by atoms with Crippen molar-refractivity contribution < 1.29 is 14.3 Å². The number of likely N-dealkylation sites (tertiary alicyclic amines) is 1. The molecule has 1 saturated carbocycles. The van der Waals surface area contributed by atoms with Gasteiger partial charge in [-0.1, -0.05) is 32.6 Å². The van der Waals surface area contributed by atoms with Gasteiger partial charge in [-0.2, -0.15) is 0 Å². The van der Waals surface area contributed by atoms with Gasteiger partial charge >= 0.3 is 5.97 Å². The van der Waals surface area contributed by atoms with Gasteiger partial charge in [0.2, 0.25) is 0 Å². The summed E-state index contributed by atoms with van der Waals surface area (Å²) in [6.07, 6.45) is 10.5. The van der Waals surface area contributed by atoms with Crippen LogP contribution in [0.4, 0.5) is 0 Å². The summed E-state index contributed by atoms with van der Waals surface area (Å²) in [7, 11) is 3.26. The standard InChI is InChI=1S/C20H37N3O3/c1-16-14-23(15-18(16)19(24)25-3)20(21-2)22-12-8-9-13-26-17-10-6-4-5-7-11-17/h16-18H,4-15H2,1-3H3,(H,21,22). The Labute approximate surface area is 158 Å². The second-order valence-corrected chi connectivity index (χ2v) is 7.68. The summed E-state index contributed by atoms with van der Waals surface area (Å²) < 4.78 is 11.0. The smallest absolute Gasteiger partial charge is 0.310 e. The molecule has 6 heteroatoms. The number of carbonyl (C=O) groups is 1. The lowest BCUT2D eigenvalue weighted by atomic mass is 9.99. The van der Waals surface area contributed by atoms with Crippen LogP contribution in [0.3, 0.4) is 0 Å². The summed E-state index contributed by atoms with van der Waals surface area (Å²) in [6, 6.07) is 0. The number of hydrogen-bond acceptors (Lipinski definition) is 4. The molecule has 6 nitrogen and oxygen atoms in total. The van der Waals surface area contributed by atoms with E-state index < -0.39 is 0 Å². The number of guanidine groups is 1. The first-order valence-corrected chi connectivity index (χ1v) is 10.3. The number of aliphatic imine (C=N–C) groups is 1. The first-order valence-electron chi connectivity index (χ1n) is 10.3.